The summed E-state index contributed by atoms with van der Waals surface area (Å²) < 4.78 is 1.71. The van der Waals surface area contributed by atoms with Crippen molar-refractivity contribution in [3.8, 4) is 0 Å². The lowest BCUT2D eigenvalue weighted by atomic mass is 10.1. The van der Waals surface area contributed by atoms with E-state index in [0.717, 1.165) is 17.0 Å². The zero-order valence-electron chi connectivity index (χ0n) is 11.1. The number of carbonyl (C=O) groups excluding carboxylic acids is 1. The monoisotopic (exact) mass is 253 g/mol. The first-order chi connectivity index (χ1) is 8.36. The van der Waals surface area contributed by atoms with Crippen LogP contribution in [0.25, 0.3) is 0 Å². The van der Waals surface area contributed by atoms with E-state index >= 15 is 0 Å². The van der Waals surface area contributed by atoms with Gasteiger partial charge in [-0.25, -0.2) is 4.79 Å². The summed E-state index contributed by atoms with van der Waals surface area (Å²) in [7, 11) is 1.82. The predicted molar refractivity (Wildman–Crippen MR) is 66.2 cm³/mol. The van der Waals surface area contributed by atoms with Crippen LogP contribution in [0.1, 0.15) is 30.3 Å². The van der Waals surface area contributed by atoms with Gasteiger partial charge in [-0.3, -0.25) is 9.48 Å². The van der Waals surface area contributed by atoms with Crippen molar-refractivity contribution in [3.63, 3.8) is 0 Å². The lowest BCUT2D eigenvalue weighted by Gasteiger charge is -2.12. The van der Waals surface area contributed by atoms with Gasteiger partial charge in [0.15, 0.2) is 0 Å². The van der Waals surface area contributed by atoms with Gasteiger partial charge in [-0.05, 0) is 20.3 Å². The van der Waals surface area contributed by atoms with Gasteiger partial charge in [-0.2, -0.15) is 5.10 Å². The van der Waals surface area contributed by atoms with Crippen LogP contribution in [-0.2, 0) is 23.1 Å². The first-order valence-corrected chi connectivity index (χ1v) is 5.88. The Hall–Kier alpha value is -1.85. The van der Waals surface area contributed by atoms with Gasteiger partial charge in [0.25, 0.3) is 0 Å². The Morgan fingerprint density at radius 2 is 2.06 bits per heavy atom. The minimum Gasteiger partial charge on any atom is -0.480 e. The van der Waals surface area contributed by atoms with Crippen LogP contribution in [0.3, 0.4) is 0 Å². The van der Waals surface area contributed by atoms with Gasteiger partial charge < -0.3 is 10.4 Å². The Morgan fingerprint density at radius 1 is 1.44 bits per heavy atom. The fourth-order valence-corrected chi connectivity index (χ4v) is 1.82. The van der Waals surface area contributed by atoms with E-state index < -0.39 is 12.0 Å². The number of hydrogen-bond donors (Lipinski definition) is 2. The molecule has 1 atom stereocenters. The lowest BCUT2D eigenvalue weighted by molar-refractivity contribution is -0.141. The summed E-state index contributed by atoms with van der Waals surface area (Å²) in [5, 5.41) is 15.6. The lowest BCUT2D eigenvalue weighted by Crippen LogP contribution is -2.41. The number of aryl methyl sites for hydroxylation is 2. The van der Waals surface area contributed by atoms with E-state index in [1.807, 2.05) is 20.9 Å². The van der Waals surface area contributed by atoms with Crippen LogP contribution in [0.2, 0.25) is 0 Å². The van der Waals surface area contributed by atoms with Gasteiger partial charge in [0, 0.05) is 18.3 Å². The molecule has 0 aliphatic heterocycles. The van der Waals surface area contributed by atoms with Crippen LogP contribution in [0.5, 0.6) is 0 Å². The van der Waals surface area contributed by atoms with Crippen molar-refractivity contribution < 1.29 is 14.7 Å². The maximum atomic E-state index is 11.8. The van der Waals surface area contributed by atoms with Crippen LogP contribution >= 0.6 is 0 Å². The number of carboxylic acids is 1. The van der Waals surface area contributed by atoms with E-state index in [2.05, 4.69) is 10.4 Å². The molecule has 0 fully saturated rings. The van der Waals surface area contributed by atoms with Crippen LogP contribution in [0.4, 0.5) is 0 Å². The highest BCUT2D eigenvalue weighted by Crippen LogP contribution is 2.12. The van der Waals surface area contributed by atoms with Gasteiger partial charge >= 0.3 is 5.97 Å². The summed E-state index contributed by atoms with van der Waals surface area (Å²) in [5.74, 6) is -1.30. The molecule has 0 aromatic carbocycles. The summed E-state index contributed by atoms with van der Waals surface area (Å²) in [4.78, 5) is 22.6. The SMILES string of the molecule is CCC(NC(=O)Cc1c(C)nn(C)c1C)C(=O)O. The minimum absolute atomic E-state index is 0.162. The molecule has 0 radical (unpaired) electrons. The van der Waals surface area contributed by atoms with Crippen molar-refractivity contribution in [1.29, 1.82) is 0 Å². The number of nitrogens with zero attached hydrogens (tertiary/aromatic N) is 2. The molecule has 0 spiro atoms. The van der Waals surface area contributed by atoms with Gasteiger partial charge in [-0.15, -0.1) is 0 Å². The molecule has 100 valence electrons. The number of aromatic nitrogens is 2. The van der Waals surface area contributed by atoms with Crippen molar-refractivity contribution in [1.82, 2.24) is 15.1 Å². The number of rotatable bonds is 5. The first kappa shape index (κ1) is 14.2. The van der Waals surface area contributed by atoms with Gasteiger partial charge in [0.05, 0.1) is 12.1 Å². The molecular weight excluding hydrogens is 234 g/mol. The molecule has 1 amide bonds. The smallest absolute Gasteiger partial charge is 0.326 e. The highest BCUT2D eigenvalue weighted by atomic mass is 16.4. The zero-order valence-corrected chi connectivity index (χ0v) is 11.1. The number of carboxylic acid groups (broad SMARTS) is 1. The Balaban J connectivity index is 2.73. The summed E-state index contributed by atoms with van der Waals surface area (Å²) in [5.41, 5.74) is 2.58. The van der Waals surface area contributed by atoms with Gasteiger partial charge in [0.2, 0.25) is 5.91 Å². The standard InChI is InChI=1S/C12H19N3O3/c1-5-10(12(17)18)13-11(16)6-9-7(2)14-15(4)8(9)3/h10H,5-6H2,1-4H3,(H,13,16)(H,17,18). The highest BCUT2D eigenvalue weighted by Gasteiger charge is 2.19. The molecule has 0 aliphatic carbocycles. The van der Waals surface area contributed by atoms with Crippen molar-refractivity contribution in [2.24, 2.45) is 7.05 Å². The van der Waals surface area contributed by atoms with Crippen LogP contribution in [0.15, 0.2) is 0 Å². The van der Waals surface area contributed by atoms with Crippen molar-refractivity contribution in [3.05, 3.63) is 17.0 Å². The molecule has 1 aromatic rings. The number of aliphatic carboxylic acids is 1. The second-order valence-corrected chi connectivity index (χ2v) is 4.32. The average molecular weight is 253 g/mol. The predicted octanol–water partition coefficient (Wildman–Crippen LogP) is 0.559. The van der Waals surface area contributed by atoms with Gasteiger partial charge in [-0.1, -0.05) is 6.92 Å². The fraction of sp³-hybridized carbons (Fsp3) is 0.583. The van der Waals surface area contributed by atoms with Crippen LogP contribution in [0, 0.1) is 13.8 Å². The molecule has 6 heteroatoms. The summed E-state index contributed by atoms with van der Waals surface area (Å²) in [6, 6.07) is -0.824. The summed E-state index contributed by atoms with van der Waals surface area (Å²) in [6.45, 7) is 5.45. The molecule has 1 aromatic heterocycles. The number of amides is 1. The van der Waals surface area contributed by atoms with Gasteiger partial charge in [0.1, 0.15) is 6.04 Å². The van der Waals surface area contributed by atoms with E-state index in [4.69, 9.17) is 5.11 Å². The topological polar surface area (TPSA) is 84.2 Å². The molecule has 0 bridgehead atoms. The molecule has 0 saturated heterocycles. The number of carbonyl (C=O) groups is 2. The second kappa shape index (κ2) is 5.66. The van der Waals surface area contributed by atoms with Crippen molar-refractivity contribution in [2.45, 2.75) is 39.7 Å². The Morgan fingerprint density at radius 3 is 2.44 bits per heavy atom. The summed E-state index contributed by atoms with van der Waals surface area (Å²) in [6.07, 6.45) is 0.529. The van der Waals surface area contributed by atoms with E-state index in [-0.39, 0.29) is 12.3 Å². The molecule has 1 rings (SSSR count). The average Bonchev–Trinajstić information content (AvgIpc) is 2.52. The largest absolute Gasteiger partial charge is 0.480 e. The Labute approximate surface area is 106 Å². The van der Waals surface area contributed by atoms with E-state index in [1.54, 1.807) is 11.6 Å². The third-order valence-electron chi connectivity index (χ3n) is 3.04. The molecule has 0 aliphatic rings. The third-order valence-corrected chi connectivity index (χ3v) is 3.04. The van der Waals surface area contributed by atoms with Crippen LogP contribution < -0.4 is 5.32 Å². The van der Waals surface area contributed by atoms with Crippen molar-refractivity contribution in [2.75, 3.05) is 0 Å². The Bertz CT molecular complexity index is 465. The fourth-order valence-electron chi connectivity index (χ4n) is 1.82. The highest BCUT2D eigenvalue weighted by molar-refractivity contribution is 5.85. The molecule has 2 N–H and O–H groups in total. The molecule has 6 nitrogen and oxygen atoms in total. The number of hydrogen-bond acceptors (Lipinski definition) is 3. The molecule has 18 heavy (non-hydrogen) atoms. The second-order valence-electron chi connectivity index (χ2n) is 4.32. The van der Waals surface area contributed by atoms with E-state index in [1.165, 1.54) is 0 Å². The maximum Gasteiger partial charge on any atom is 0.326 e. The normalized spacial score (nSPS) is 12.2. The zero-order chi connectivity index (χ0) is 13.9. The minimum atomic E-state index is -1.01. The summed E-state index contributed by atoms with van der Waals surface area (Å²) >= 11 is 0. The molecule has 0 saturated carbocycles. The molecule has 1 unspecified atom stereocenters. The Kier molecular flexibility index (Phi) is 4.47. The maximum absolute atomic E-state index is 11.8. The van der Waals surface area contributed by atoms with Crippen LogP contribution in [-0.4, -0.2) is 32.8 Å². The quantitative estimate of drug-likeness (QED) is 0.803. The molecule has 1 heterocycles. The van der Waals surface area contributed by atoms with E-state index in [0.29, 0.717) is 6.42 Å². The molecular formula is C12H19N3O3. The number of nitrogens with one attached hydrogen (secondary N) is 1. The van der Waals surface area contributed by atoms with E-state index in [9.17, 15) is 9.59 Å². The van der Waals surface area contributed by atoms with Crippen molar-refractivity contribution >= 4 is 11.9 Å². The third kappa shape index (κ3) is 3.09. The first-order valence-electron chi connectivity index (χ1n) is 5.88.